The highest BCUT2D eigenvalue weighted by Gasteiger charge is 2.18. The summed E-state index contributed by atoms with van der Waals surface area (Å²) < 4.78 is 32.1. The van der Waals surface area contributed by atoms with E-state index in [2.05, 4.69) is 32.4 Å². The van der Waals surface area contributed by atoms with E-state index in [1.54, 1.807) is 12.1 Å². The second-order valence-electron chi connectivity index (χ2n) is 7.97. The first kappa shape index (κ1) is 22.6. The van der Waals surface area contributed by atoms with E-state index in [0.29, 0.717) is 11.8 Å². The maximum Gasteiger partial charge on any atom is 0.265 e. The first-order valence-corrected chi connectivity index (χ1v) is 10.7. The Bertz CT molecular complexity index is 1100. The molecule has 1 saturated heterocycles. The summed E-state index contributed by atoms with van der Waals surface area (Å²) in [5, 5.41) is 11.4. The molecule has 9 heteroatoms. The van der Waals surface area contributed by atoms with Gasteiger partial charge in [-0.25, -0.2) is 8.78 Å². The fourth-order valence-corrected chi connectivity index (χ4v) is 3.47. The number of ether oxygens (including phenoxy) is 1. The first-order chi connectivity index (χ1) is 15.9. The molecule has 0 bridgehead atoms. The van der Waals surface area contributed by atoms with E-state index in [0.717, 1.165) is 55.4 Å². The smallest absolute Gasteiger partial charge is 0.265 e. The third kappa shape index (κ3) is 5.61. The van der Waals surface area contributed by atoms with Gasteiger partial charge in [-0.15, -0.1) is 10.2 Å². The fourth-order valence-electron chi connectivity index (χ4n) is 3.47. The number of aromatic nitrogens is 2. The van der Waals surface area contributed by atoms with Crippen LogP contribution >= 0.6 is 0 Å². The summed E-state index contributed by atoms with van der Waals surface area (Å²) in [6, 6.07) is 14.0. The minimum absolute atomic E-state index is 0.187. The Morgan fingerprint density at radius 3 is 2.36 bits per heavy atom. The van der Waals surface area contributed by atoms with Crippen molar-refractivity contribution in [3.05, 3.63) is 66.2 Å². The van der Waals surface area contributed by atoms with Crippen LogP contribution in [0.2, 0.25) is 0 Å². The molecule has 172 valence electrons. The van der Waals surface area contributed by atoms with Crippen LogP contribution in [-0.2, 0) is 4.79 Å². The average molecular weight is 453 g/mol. The molecular formula is C24H25F2N5O2. The number of carbonyl (C=O) groups excluding carboxylic acids is 1. The quantitative estimate of drug-likeness (QED) is 0.615. The van der Waals surface area contributed by atoms with E-state index in [9.17, 15) is 13.6 Å². The zero-order valence-corrected chi connectivity index (χ0v) is 18.5. The van der Waals surface area contributed by atoms with Crippen LogP contribution in [0.25, 0.3) is 11.3 Å². The number of hydrogen-bond donors (Lipinski definition) is 1. The van der Waals surface area contributed by atoms with Crippen LogP contribution in [0, 0.1) is 11.6 Å². The van der Waals surface area contributed by atoms with Gasteiger partial charge >= 0.3 is 0 Å². The van der Waals surface area contributed by atoms with Gasteiger partial charge in [0.15, 0.2) is 23.5 Å². The Labute approximate surface area is 191 Å². The number of carbonyl (C=O) groups is 1. The highest BCUT2D eigenvalue weighted by molar-refractivity contribution is 5.94. The Balaban J connectivity index is 1.35. The molecule has 0 spiro atoms. The van der Waals surface area contributed by atoms with Crippen molar-refractivity contribution in [1.29, 1.82) is 0 Å². The zero-order valence-electron chi connectivity index (χ0n) is 18.5. The van der Waals surface area contributed by atoms with Crippen molar-refractivity contribution in [2.24, 2.45) is 0 Å². The molecule has 1 aliphatic heterocycles. The lowest BCUT2D eigenvalue weighted by atomic mass is 10.1. The number of amides is 1. The van der Waals surface area contributed by atoms with Crippen LogP contribution in [0.3, 0.4) is 0 Å². The van der Waals surface area contributed by atoms with E-state index >= 15 is 0 Å². The predicted octanol–water partition coefficient (Wildman–Crippen LogP) is 3.58. The summed E-state index contributed by atoms with van der Waals surface area (Å²) in [7, 11) is 2.11. The van der Waals surface area contributed by atoms with Gasteiger partial charge in [0.2, 0.25) is 0 Å². The summed E-state index contributed by atoms with van der Waals surface area (Å²) in [5.41, 5.74) is 2.15. The van der Waals surface area contributed by atoms with Crippen LogP contribution < -0.4 is 15.0 Å². The number of halogens is 2. The molecule has 2 aromatic carbocycles. The van der Waals surface area contributed by atoms with Gasteiger partial charge in [-0.2, -0.15) is 0 Å². The molecule has 0 radical (unpaired) electrons. The second kappa shape index (κ2) is 9.91. The Morgan fingerprint density at radius 1 is 1.00 bits per heavy atom. The molecule has 1 amide bonds. The van der Waals surface area contributed by atoms with Crippen molar-refractivity contribution in [3.8, 4) is 17.0 Å². The Kier molecular flexibility index (Phi) is 6.79. The number of piperazine rings is 1. The lowest BCUT2D eigenvalue weighted by Crippen LogP contribution is -2.44. The summed E-state index contributed by atoms with van der Waals surface area (Å²) in [5.74, 6) is -1.35. The highest BCUT2D eigenvalue weighted by atomic mass is 19.1. The topological polar surface area (TPSA) is 70.6 Å². The second-order valence-corrected chi connectivity index (χ2v) is 7.97. The van der Waals surface area contributed by atoms with Gasteiger partial charge in [-0.05, 0) is 50.4 Å². The van der Waals surface area contributed by atoms with Gasteiger partial charge in [0, 0.05) is 43.5 Å². The lowest BCUT2D eigenvalue weighted by Gasteiger charge is -2.32. The van der Waals surface area contributed by atoms with E-state index < -0.39 is 23.6 Å². The molecule has 1 unspecified atom stereocenters. The number of benzene rings is 2. The van der Waals surface area contributed by atoms with Crippen molar-refractivity contribution in [2.45, 2.75) is 13.0 Å². The molecule has 3 aromatic rings. The molecular weight excluding hydrogens is 428 g/mol. The summed E-state index contributed by atoms with van der Waals surface area (Å²) in [6.45, 7) is 5.34. The van der Waals surface area contributed by atoms with Gasteiger partial charge in [-0.1, -0.05) is 12.1 Å². The van der Waals surface area contributed by atoms with Crippen molar-refractivity contribution in [1.82, 2.24) is 15.1 Å². The van der Waals surface area contributed by atoms with E-state index in [1.807, 2.05) is 24.3 Å². The van der Waals surface area contributed by atoms with Crippen molar-refractivity contribution in [2.75, 3.05) is 43.4 Å². The normalized spacial score (nSPS) is 15.2. The van der Waals surface area contributed by atoms with Crippen LogP contribution in [0.15, 0.2) is 54.6 Å². The van der Waals surface area contributed by atoms with Gasteiger partial charge in [0.25, 0.3) is 5.91 Å². The Hall–Kier alpha value is -3.59. The molecule has 1 aromatic heterocycles. The number of nitrogens with one attached hydrogen (secondary N) is 1. The SMILES string of the molecule is CC(Oc1ccc(F)cc1F)C(=O)Nc1ccc(-c2ccc(N3CCN(C)CC3)nn2)cc1. The van der Waals surface area contributed by atoms with Crippen molar-refractivity contribution >= 4 is 17.4 Å². The number of anilines is 2. The summed E-state index contributed by atoms with van der Waals surface area (Å²) >= 11 is 0. The molecule has 1 fully saturated rings. The number of likely N-dealkylation sites (N-methyl/N-ethyl adjacent to an activating group) is 1. The van der Waals surface area contributed by atoms with Crippen LogP contribution in [0.5, 0.6) is 5.75 Å². The largest absolute Gasteiger partial charge is 0.478 e. The monoisotopic (exact) mass is 453 g/mol. The van der Waals surface area contributed by atoms with E-state index in [1.165, 1.54) is 6.92 Å². The van der Waals surface area contributed by atoms with Crippen molar-refractivity contribution < 1.29 is 18.3 Å². The van der Waals surface area contributed by atoms with E-state index in [-0.39, 0.29) is 5.75 Å². The van der Waals surface area contributed by atoms with Crippen LogP contribution in [0.4, 0.5) is 20.3 Å². The fraction of sp³-hybridized carbons (Fsp3) is 0.292. The zero-order chi connectivity index (χ0) is 23.4. The van der Waals surface area contributed by atoms with E-state index in [4.69, 9.17) is 4.74 Å². The third-order valence-electron chi connectivity index (χ3n) is 5.49. The molecule has 0 saturated carbocycles. The highest BCUT2D eigenvalue weighted by Crippen LogP contribution is 2.22. The molecule has 7 nitrogen and oxygen atoms in total. The molecule has 2 heterocycles. The molecule has 1 atom stereocenters. The Morgan fingerprint density at radius 2 is 1.73 bits per heavy atom. The summed E-state index contributed by atoms with van der Waals surface area (Å²) in [6.07, 6.45) is -0.974. The molecule has 1 N–H and O–H groups in total. The molecule has 33 heavy (non-hydrogen) atoms. The minimum atomic E-state index is -0.974. The van der Waals surface area contributed by atoms with Gasteiger partial charge in [0.05, 0.1) is 5.69 Å². The first-order valence-electron chi connectivity index (χ1n) is 10.7. The standard InChI is InChI=1S/C24H25F2N5O2/c1-16(33-22-9-5-18(25)15-20(22)26)24(32)27-19-6-3-17(4-7-19)21-8-10-23(29-28-21)31-13-11-30(2)12-14-31/h3-10,15-16H,11-14H2,1-2H3,(H,27,32). The summed E-state index contributed by atoms with van der Waals surface area (Å²) in [4.78, 5) is 16.9. The third-order valence-corrected chi connectivity index (χ3v) is 5.49. The molecule has 4 rings (SSSR count). The van der Waals surface area contributed by atoms with Crippen LogP contribution in [-0.4, -0.2) is 60.3 Å². The van der Waals surface area contributed by atoms with Crippen molar-refractivity contribution in [3.63, 3.8) is 0 Å². The van der Waals surface area contributed by atoms with Crippen LogP contribution in [0.1, 0.15) is 6.92 Å². The van der Waals surface area contributed by atoms with Gasteiger partial charge < -0.3 is 19.9 Å². The van der Waals surface area contributed by atoms with Gasteiger partial charge in [0.1, 0.15) is 5.82 Å². The predicted molar refractivity (Wildman–Crippen MR) is 122 cm³/mol. The maximum absolute atomic E-state index is 13.7. The van der Waals surface area contributed by atoms with Gasteiger partial charge in [-0.3, -0.25) is 4.79 Å². The minimum Gasteiger partial charge on any atom is -0.478 e. The maximum atomic E-state index is 13.7. The molecule has 1 aliphatic rings. The number of rotatable bonds is 6. The number of nitrogens with zero attached hydrogens (tertiary/aromatic N) is 4. The molecule has 0 aliphatic carbocycles. The average Bonchev–Trinajstić information content (AvgIpc) is 2.82. The number of hydrogen-bond acceptors (Lipinski definition) is 6. The lowest BCUT2D eigenvalue weighted by molar-refractivity contribution is -0.122.